The molecule has 0 aromatic heterocycles. The third-order valence-corrected chi connectivity index (χ3v) is 13.3. The van der Waals surface area contributed by atoms with Crippen molar-refractivity contribution in [2.75, 3.05) is 46.9 Å². The Morgan fingerprint density at radius 2 is 1.30 bits per heavy atom. The summed E-state index contributed by atoms with van der Waals surface area (Å²) >= 11 is 0. The molecular formula is C50H67N7O10. The number of aliphatic imine (C=N–C) groups is 1. The highest BCUT2D eigenvalue weighted by Crippen LogP contribution is 2.44. The molecule has 4 atom stereocenters. The maximum Gasteiger partial charge on any atom is 0.410 e. The molecule has 0 bridgehead atoms. The molecule has 67 heavy (non-hydrogen) atoms. The lowest BCUT2D eigenvalue weighted by Crippen LogP contribution is -2.55. The topological polar surface area (TPSA) is 205 Å². The molecule has 3 saturated heterocycles. The number of rotatable bonds is 13. The summed E-state index contributed by atoms with van der Waals surface area (Å²) < 4.78 is 15.1. The van der Waals surface area contributed by atoms with Gasteiger partial charge in [-0.15, -0.1) is 0 Å². The number of Topliss-reactive ketones (excluding diaryl/α,β-unsaturated/α-hetero) is 1. The van der Waals surface area contributed by atoms with Gasteiger partial charge in [0.1, 0.15) is 23.7 Å². The zero-order chi connectivity index (χ0) is 48.8. The van der Waals surface area contributed by atoms with Crippen LogP contribution in [0.2, 0.25) is 0 Å². The standard InChI is InChI=1S/C50H67N7O10/c1-30(2)41(53-46(62)65-8)44(60)56-22-10-11-38(56)37-25-36(27-51-37)34-14-12-32(13-15-34)33-16-18-35(19-17-33)40(58)28-52-43(59)39-26-50(20-23-55(24-21-50)48(64)67-49(5,6)7)29-57(39)45(61)42(31(3)4)54-47(63)66-9/h12-19,27,30-31,38-39,41-42H,10-11,20-26,28-29H2,1-9H3,(H,52,59)(H,53,62)(H,54,63)/t38-,39?,41-,42?/m0/s1. The summed E-state index contributed by atoms with van der Waals surface area (Å²) in [4.78, 5) is 102. The number of likely N-dealkylation sites (tertiary alicyclic amines) is 3. The third-order valence-electron chi connectivity index (χ3n) is 13.3. The molecule has 4 heterocycles. The number of benzene rings is 2. The molecule has 2 aromatic carbocycles. The summed E-state index contributed by atoms with van der Waals surface area (Å²) in [7, 11) is 2.50. The highest BCUT2D eigenvalue weighted by Gasteiger charge is 2.52. The van der Waals surface area contributed by atoms with Gasteiger partial charge in [-0.25, -0.2) is 14.4 Å². The van der Waals surface area contributed by atoms with Gasteiger partial charge >= 0.3 is 18.3 Å². The van der Waals surface area contributed by atoms with E-state index in [-0.39, 0.29) is 42.7 Å². The van der Waals surface area contributed by atoms with Crippen LogP contribution in [0.15, 0.2) is 59.7 Å². The fraction of sp³-hybridized carbons (Fsp3) is 0.560. The number of hydrogen-bond acceptors (Lipinski definition) is 11. The van der Waals surface area contributed by atoms with Crippen LogP contribution in [-0.4, -0.2) is 139 Å². The lowest BCUT2D eigenvalue weighted by atomic mass is 9.76. The molecule has 4 aliphatic heterocycles. The Kier molecular flexibility index (Phi) is 15.8. The minimum atomic E-state index is -0.952. The van der Waals surface area contributed by atoms with Gasteiger partial charge in [0.05, 0.1) is 26.8 Å². The summed E-state index contributed by atoms with van der Waals surface area (Å²) in [5, 5.41) is 8.12. The maximum atomic E-state index is 14.2. The number of alkyl carbamates (subject to hydrolysis) is 2. The second-order valence-electron chi connectivity index (χ2n) is 19.8. The van der Waals surface area contributed by atoms with Crippen molar-refractivity contribution in [3.8, 4) is 11.1 Å². The van der Waals surface area contributed by atoms with Crippen molar-refractivity contribution in [3.05, 3.63) is 65.9 Å². The first kappa shape index (κ1) is 50.2. The van der Waals surface area contributed by atoms with Crippen LogP contribution >= 0.6 is 0 Å². The second kappa shape index (κ2) is 21.1. The lowest BCUT2D eigenvalue weighted by molar-refractivity contribution is -0.140. The van der Waals surface area contributed by atoms with Crippen LogP contribution in [0.25, 0.3) is 16.7 Å². The first-order chi connectivity index (χ1) is 31.7. The normalized spacial score (nSPS) is 20.0. The van der Waals surface area contributed by atoms with Gasteiger partial charge in [0.25, 0.3) is 0 Å². The lowest BCUT2D eigenvalue weighted by Gasteiger charge is -2.39. The van der Waals surface area contributed by atoms with Crippen LogP contribution < -0.4 is 16.0 Å². The molecule has 0 radical (unpaired) electrons. The van der Waals surface area contributed by atoms with Gasteiger partial charge in [0.2, 0.25) is 17.7 Å². The monoisotopic (exact) mass is 925 g/mol. The fourth-order valence-electron chi connectivity index (χ4n) is 9.45. The smallest absolute Gasteiger partial charge is 0.410 e. The van der Waals surface area contributed by atoms with Crippen LogP contribution in [-0.2, 0) is 28.6 Å². The van der Waals surface area contributed by atoms with Crippen molar-refractivity contribution in [3.63, 3.8) is 0 Å². The number of amides is 6. The molecule has 17 nitrogen and oxygen atoms in total. The van der Waals surface area contributed by atoms with Crippen molar-refractivity contribution in [2.45, 2.75) is 117 Å². The van der Waals surface area contributed by atoms with E-state index in [1.807, 2.05) is 82.1 Å². The van der Waals surface area contributed by atoms with Crippen LogP contribution in [0.5, 0.6) is 0 Å². The van der Waals surface area contributed by atoms with Gasteiger partial charge < -0.3 is 44.9 Å². The number of allylic oxidation sites excluding steroid dienone is 1. The highest BCUT2D eigenvalue weighted by atomic mass is 16.6. The van der Waals surface area contributed by atoms with E-state index in [2.05, 4.69) is 16.0 Å². The number of carbonyl (C=O) groups is 7. The zero-order valence-corrected chi connectivity index (χ0v) is 40.3. The van der Waals surface area contributed by atoms with Gasteiger partial charge in [-0.1, -0.05) is 76.2 Å². The van der Waals surface area contributed by atoms with E-state index in [0.717, 1.165) is 40.8 Å². The molecule has 6 rings (SSSR count). The molecule has 6 amide bonds. The largest absolute Gasteiger partial charge is 0.453 e. The van der Waals surface area contributed by atoms with E-state index < -0.39 is 59.2 Å². The van der Waals surface area contributed by atoms with Gasteiger partial charge in [0.15, 0.2) is 5.78 Å². The summed E-state index contributed by atoms with van der Waals surface area (Å²) in [5.74, 6) is -1.76. The molecule has 2 aromatic rings. The number of hydrogen-bond donors (Lipinski definition) is 3. The van der Waals surface area contributed by atoms with Crippen molar-refractivity contribution in [1.82, 2.24) is 30.7 Å². The molecule has 3 fully saturated rings. The maximum absolute atomic E-state index is 14.2. The van der Waals surface area contributed by atoms with Crippen LogP contribution in [0.3, 0.4) is 0 Å². The van der Waals surface area contributed by atoms with Crippen LogP contribution in [0.1, 0.15) is 103 Å². The minimum absolute atomic E-state index is 0.119. The Hall–Kier alpha value is -6.26. The number of ketones is 1. The number of nitrogens with one attached hydrogen (secondary N) is 3. The molecule has 17 heteroatoms. The average Bonchev–Trinajstić information content (AvgIpc) is 4.08. The van der Waals surface area contributed by atoms with Crippen molar-refractivity contribution < 1.29 is 47.8 Å². The Balaban J connectivity index is 1.06. The van der Waals surface area contributed by atoms with Crippen molar-refractivity contribution in [1.29, 1.82) is 0 Å². The third kappa shape index (κ3) is 12.0. The minimum Gasteiger partial charge on any atom is -0.453 e. The molecule has 0 aliphatic carbocycles. The van der Waals surface area contributed by atoms with Gasteiger partial charge in [0, 0.05) is 50.1 Å². The fourth-order valence-corrected chi connectivity index (χ4v) is 9.45. The van der Waals surface area contributed by atoms with E-state index in [9.17, 15) is 33.6 Å². The predicted octanol–water partition coefficient (Wildman–Crippen LogP) is 6.21. The van der Waals surface area contributed by atoms with Crippen molar-refractivity contribution in [2.24, 2.45) is 22.2 Å². The Labute approximate surface area is 393 Å². The van der Waals surface area contributed by atoms with Crippen LogP contribution in [0.4, 0.5) is 14.4 Å². The molecular weight excluding hydrogens is 859 g/mol. The molecule has 2 unspecified atom stereocenters. The Morgan fingerprint density at radius 3 is 1.84 bits per heavy atom. The highest BCUT2D eigenvalue weighted by molar-refractivity contribution is 6.04. The van der Waals surface area contributed by atoms with E-state index in [0.29, 0.717) is 50.9 Å². The summed E-state index contributed by atoms with van der Waals surface area (Å²) in [6, 6.07) is 12.5. The number of methoxy groups -OCH3 is 2. The molecule has 3 N–H and O–H groups in total. The Morgan fingerprint density at radius 1 is 0.761 bits per heavy atom. The average molecular weight is 926 g/mol. The van der Waals surface area contributed by atoms with Crippen LogP contribution in [0, 0.1) is 17.3 Å². The number of carbonyl (C=O) groups excluding carboxylic acids is 7. The van der Waals surface area contributed by atoms with Gasteiger partial charge in [-0.2, -0.15) is 0 Å². The first-order valence-corrected chi connectivity index (χ1v) is 23.3. The molecule has 4 aliphatic rings. The van der Waals surface area contributed by atoms with E-state index in [4.69, 9.17) is 19.2 Å². The predicted molar refractivity (Wildman–Crippen MR) is 252 cm³/mol. The van der Waals surface area contributed by atoms with E-state index in [1.54, 1.807) is 30.9 Å². The first-order valence-electron chi connectivity index (χ1n) is 23.3. The SMILES string of the molecule is COC(=O)NC(C(=O)N1CC2(CCN(C(=O)OC(C)(C)C)CC2)CC1C(=O)NCC(=O)c1ccc(-c2ccc(C3=CN=C([C@@H]4CCCN4C(=O)[C@@H](NC(=O)OC)C(C)C)C3)cc2)cc1)C(C)C. The zero-order valence-electron chi connectivity index (χ0n) is 40.3. The second-order valence-corrected chi connectivity index (χ2v) is 19.8. The molecule has 0 saturated carbocycles. The summed E-state index contributed by atoms with van der Waals surface area (Å²) in [6.07, 6.45) is 3.72. The molecule has 362 valence electrons. The number of nitrogens with zero attached hydrogens (tertiary/aromatic N) is 4. The van der Waals surface area contributed by atoms with E-state index in [1.165, 1.54) is 19.1 Å². The van der Waals surface area contributed by atoms with Gasteiger partial charge in [-0.3, -0.25) is 24.2 Å². The van der Waals surface area contributed by atoms with Gasteiger partial charge in [-0.05, 0) is 92.4 Å². The summed E-state index contributed by atoms with van der Waals surface area (Å²) in [5.41, 5.74) is 4.11. The Bertz CT molecular complexity index is 2240. The quantitative estimate of drug-likeness (QED) is 0.153. The van der Waals surface area contributed by atoms with Crippen molar-refractivity contribution >= 4 is 53.1 Å². The molecule has 1 spiro atoms. The number of ether oxygens (including phenoxy) is 3. The number of piperidine rings is 1. The summed E-state index contributed by atoms with van der Waals surface area (Å²) in [6.45, 7) is 14.2. The van der Waals surface area contributed by atoms with E-state index >= 15 is 0 Å².